The Labute approximate surface area is 96.9 Å². The van der Waals surface area contributed by atoms with E-state index in [4.69, 9.17) is 10.2 Å². The second-order valence-corrected chi connectivity index (χ2v) is 2.04. The molecule has 16 heavy (non-hydrogen) atoms. The van der Waals surface area contributed by atoms with Gasteiger partial charge in [0.25, 0.3) is 0 Å². The SMILES string of the molecule is C=C.C=C(C)C(=O)O.C=CC.C=CC(=O)O. The van der Waals surface area contributed by atoms with E-state index in [1.165, 1.54) is 6.92 Å². The molecular formula is C12H20O4. The summed E-state index contributed by atoms with van der Waals surface area (Å²) in [6, 6.07) is 0. The van der Waals surface area contributed by atoms with Gasteiger partial charge in [-0.2, -0.15) is 0 Å². The van der Waals surface area contributed by atoms with E-state index in [1.807, 2.05) is 6.92 Å². The maximum absolute atomic E-state index is 9.60. The van der Waals surface area contributed by atoms with Crippen LogP contribution in [0.3, 0.4) is 0 Å². The van der Waals surface area contributed by atoms with Gasteiger partial charge in [0.15, 0.2) is 0 Å². The number of rotatable bonds is 2. The zero-order valence-electron chi connectivity index (χ0n) is 9.90. The van der Waals surface area contributed by atoms with Crippen molar-refractivity contribution < 1.29 is 19.8 Å². The second-order valence-electron chi connectivity index (χ2n) is 2.04. The number of hydrogen-bond acceptors (Lipinski definition) is 2. The fourth-order valence-electron chi connectivity index (χ4n) is 0. The molecule has 0 bridgehead atoms. The molecule has 0 saturated carbocycles. The Kier molecular flexibility index (Phi) is 34.0. The molecule has 0 atom stereocenters. The molecule has 0 aromatic heterocycles. The summed E-state index contributed by atoms with van der Waals surface area (Å²) in [6.07, 6.45) is 2.58. The van der Waals surface area contributed by atoms with Crippen LogP contribution < -0.4 is 0 Å². The monoisotopic (exact) mass is 228 g/mol. The molecule has 0 aliphatic heterocycles. The molecule has 0 aliphatic carbocycles. The number of carboxylic acid groups (broad SMARTS) is 2. The summed E-state index contributed by atoms with van der Waals surface area (Å²) in [5, 5.41) is 15.5. The van der Waals surface area contributed by atoms with E-state index >= 15 is 0 Å². The predicted molar refractivity (Wildman–Crippen MR) is 67.4 cm³/mol. The molecule has 0 aromatic rings. The summed E-state index contributed by atoms with van der Waals surface area (Å²) in [4.78, 5) is 18.8. The van der Waals surface area contributed by atoms with Crippen LogP contribution in [-0.4, -0.2) is 22.2 Å². The van der Waals surface area contributed by atoms with Gasteiger partial charge in [-0.05, 0) is 13.8 Å². The van der Waals surface area contributed by atoms with Crippen LogP contribution in [0.15, 0.2) is 50.6 Å². The van der Waals surface area contributed by atoms with Crippen LogP contribution in [0.1, 0.15) is 13.8 Å². The number of aliphatic carboxylic acids is 2. The first-order valence-corrected chi connectivity index (χ1v) is 4.14. The van der Waals surface area contributed by atoms with Gasteiger partial charge in [0.1, 0.15) is 0 Å². The highest BCUT2D eigenvalue weighted by molar-refractivity contribution is 5.84. The maximum atomic E-state index is 9.60. The van der Waals surface area contributed by atoms with Crippen molar-refractivity contribution in [3.63, 3.8) is 0 Å². The standard InChI is InChI=1S/C4H6O2.C3H4O2.C3H6.C2H4/c1-3(2)4(5)6;1-2-3(4)5;1-3-2;1-2/h1H2,2H3,(H,5,6);2H,1H2,(H,4,5);3H,1H2,2H3;1-2H2. The van der Waals surface area contributed by atoms with E-state index in [9.17, 15) is 9.59 Å². The van der Waals surface area contributed by atoms with E-state index in [0.717, 1.165) is 6.08 Å². The van der Waals surface area contributed by atoms with E-state index in [1.54, 1.807) is 6.08 Å². The molecule has 0 aromatic carbocycles. The molecule has 0 rings (SSSR count). The molecule has 2 N–H and O–H groups in total. The van der Waals surface area contributed by atoms with Gasteiger partial charge >= 0.3 is 11.9 Å². The van der Waals surface area contributed by atoms with E-state index < -0.39 is 11.9 Å². The highest BCUT2D eigenvalue weighted by Gasteiger charge is 1.90. The molecule has 0 heterocycles. The summed E-state index contributed by atoms with van der Waals surface area (Å²) in [6.45, 7) is 18.8. The van der Waals surface area contributed by atoms with Gasteiger partial charge in [0.05, 0.1) is 0 Å². The Bertz CT molecular complexity index is 217. The van der Waals surface area contributed by atoms with Gasteiger partial charge in [-0.3, -0.25) is 0 Å². The van der Waals surface area contributed by atoms with Crippen LogP contribution in [0, 0.1) is 0 Å². The van der Waals surface area contributed by atoms with Crippen molar-refractivity contribution in [2.75, 3.05) is 0 Å². The molecule has 0 amide bonds. The summed E-state index contributed by atoms with van der Waals surface area (Å²) >= 11 is 0. The zero-order valence-corrected chi connectivity index (χ0v) is 9.90. The van der Waals surface area contributed by atoms with Crippen LogP contribution in [0.25, 0.3) is 0 Å². The van der Waals surface area contributed by atoms with Gasteiger partial charge in [-0.1, -0.05) is 19.2 Å². The molecule has 0 aliphatic rings. The summed E-state index contributed by atoms with van der Waals surface area (Å²) < 4.78 is 0. The first-order valence-electron chi connectivity index (χ1n) is 4.14. The summed E-state index contributed by atoms with van der Waals surface area (Å²) in [5.74, 6) is -1.92. The lowest BCUT2D eigenvalue weighted by Gasteiger charge is -1.79. The lowest BCUT2D eigenvalue weighted by Crippen LogP contribution is -1.92. The van der Waals surface area contributed by atoms with Crippen LogP contribution >= 0.6 is 0 Å². The minimum Gasteiger partial charge on any atom is -0.478 e. The predicted octanol–water partition coefficient (Wildman–Crippen LogP) is 2.90. The number of carboxylic acids is 2. The van der Waals surface area contributed by atoms with Gasteiger partial charge in [-0.25, -0.2) is 9.59 Å². The van der Waals surface area contributed by atoms with Gasteiger partial charge < -0.3 is 10.2 Å². The smallest absolute Gasteiger partial charge is 0.330 e. The molecule has 4 nitrogen and oxygen atoms in total. The second kappa shape index (κ2) is 23.1. The number of hydrogen-bond donors (Lipinski definition) is 2. The fraction of sp³-hybridized carbons (Fsp3) is 0.167. The lowest BCUT2D eigenvalue weighted by molar-refractivity contribution is -0.133. The van der Waals surface area contributed by atoms with E-state index in [0.29, 0.717) is 0 Å². The van der Waals surface area contributed by atoms with Crippen LogP contribution in [0.5, 0.6) is 0 Å². The topological polar surface area (TPSA) is 74.6 Å². The quantitative estimate of drug-likeness (QED) is 0.563. The Hall–Kier alpha value is -2.10. The van der Waals surface area contributed by atoms with Crippen LogP contribution in [-0.2, 0) is 9.59 Å². The molecule has 0 radical (unpaired) electrons. The Morgan fingerprint density at radius 2 is 1.25 bits per heavy atom. The molecular weight excluding hydrogens is 208 g/mol. The summed E-state index contributed by atoms with van der Waals surface area (Å²) in [5.41, 5.74) is 0.176. The van der Waals surface area contributed by atoms with Crippen molar-refractivity contribution in [1.82, 2.24) is 0 Å². The average molecular weight is 228 g/mol. The van der Waals surface area contributed by atoms with E-state index in [-0.39, 0.29) is 5.57 Å². The molecule has 0 saturated heterocycles. The molecule has 92 valence electrons. The largest absolute Gasteiger partial charge is 0.478 e. The minimum absolute atomic E-state index is 0.176. The molecule has 0 fully saturated rings. The highest BCUT2D eigenvalue weighted by Crippen LogP contribution is 1.81. The van der Waals surface area contributed by atoms with Crippen LogP contribution in [0.2, 0.25) is 0 Å². The third kappa shape index (κ3) is 93.0. The Balaban J connectivity index is -0.0000000653. The maximum Gasteiger partial charge on any atom is 0.330 e. The van der Waals surface area contributed by atoms with Crippen LogP contribution in [0.4, 0.5) is 0 Å². The molecule has 4 heteroatoms. The van der Waals surface area contributed by atoms with Gasteiger partial charge in [0, 0.05) is 11.6 Å². The van der Waals surface area contributed by atoms with Crippen molar-refractivity contribution in [2.24, 2.45) is 0 Å². The van der Waals surface area contributed by atoms with Crippen molar-refractivity contribution in [3.8, 4) is 0 Å². The first kappa shape index (κ1) is 23.6. The molecule has 0 spiro atoms. The lowest BCUT2D eigenvalue weighted by atomic mass is 10.4. The number of carbonyl (C=O) groups is 2. The Morgan fingerprint density at radius 1 is 1.12 bits per heavy atom. The highest BCUT2D eigenvalue weighted by atomic mass is 16.4. The normalized spacial score (nSPS) is 5.88. The zero-order chi connectivity index (χ0) is 14.1. The van der Waals surface area contributed by atoms with Crippen molar-refractivity contribution in [1.29, 1.82) is 0 Å². The van der Waals surface area contributed by atoms with Gasteiger partial charge in [-0.15, -0.1) is 19.7 Å². The number of allylic oxidation sites excluding steroid dienone is 1. The fourth-order valence-corrected chi connectivity index (χ4v) is 0. The molecule has 0 unspecified atom stereocenters. The summed E-state index contributed by atoms with van der Waals surface area (Å²) in [7, 11) is 0. The Morgan fingerprint density at radius 3 is 1.25 bits per heavy atom. The average Bonchev–Trinajstić information content (AvgIpc) is 2.22. The van der Waals surface area contributed by atoms with Gasteiger partial charge in [0.2, 0.25) is 0 Å². The minimum atomic E-state index is -0.981. The first-order chi connectivity index (χ1) is 7.33. The third-order valence-electron chi connectivity index (χ3n) is 0.540. The van der Waals surface area contributed by atoms with E-state index in [2.05, 4.69) is 32.9 Å². The van der Waals surface area contributed by atoms with Crippen molar-refractivity contribution >= 4 is 11.9 Å². The van der Waals surface area contributed by atoms with Crippen molar-refractivity contribution in [3.05, 3.63) is 50.6 Å². The third-order valence-corrected chi connectivity index (χ3v) is 0.540. The van der Waals surface area contributed by atoms with Crippen molar-refractivity contribution in [2.45, 2.75) is 13.8 Å².